The van der Waals surface area contributed by atoms with Crippen molar-refractivity contribution in [3.63, 3.8) is 0 Å². The highest BCUT2D eigenvalue weighted by molar-refractivity contribution is 6.31. The van der Waals surface area contributed by atoms with E-state index in [1.807, 2.05) is 0 Å². The largest absolute Gasteiger partial charge is 0.457 e. The number of hydrogen-bond acceptors (Lipinski definition) is 3. The molecule has 0 aliphatic heterocycles. The maximum Gasteiger partial charge on any atom is 0.340 e. The summed E-state index contributed by atoms with van der Waals surface area (Å²) in [5.41, 5.74) is 6.71. The number of rotatable bonds is 3. The topological polar surface area (TPSA) is 52.3 Å². The number of hydrogen-bond donors (Lipinski definition) is 1. The second-order valence-corrected chi connectivity index (χ2v) is 4.37. The molecule has 0 atom stereocenters. The number of benzene rings is 2. The van der Waals surface area contributed by atoms with Crippen molar-refractivity contribution in [3.05, 3.63) is 64.4 Å². The number of nitrogens with two attached hydrogens (primary N) is 1. The van der Waals surface area contributed by atoms with Crippen molar-refractivity contribution in [2.24, 2.45) is 0 Å². The van der Waals surface area contributed by atoms with Crippen LogP contribution in [0.25, 0.3) is 0 Å². The zero-order chi connectivity index (χ0) is 13.8. The first-order valence-corrected chi connectivity index (χ1v) is 5.90. The predicted molar refractivity (Wildman–Crippen MR) is 71.4 cm³/mol. The Hall–Kier alpha value is -2.07. The van der Waals surface area contributed by atoms with Gasteiger partial charge in [-0.3, -0.25) is 0 Å². The Morgan fingerprint density at radius 2 is 2.05 bits per heavy atom. The van der Waals surface area contributed by atoms with Gasteiger partial charge in [-0.1, -0.05) is 23.7 Å². The van der Waals surface area contributed by atoms with E-state index in [9.17, 15) is 9.18 Å². The van der Waals surface area contributed by atoms with Gasteiger partial charge in [0, 0.05) is 10.7 Å². The van der Waals surface area contributed by atoms with Crippen molar-refractivity contribution in [2.75, 3.05) is 5.73 Å². The van der Waals surface area contributed by atoms with Crippen LogP contribution in [0.4, 0.5) is 10.1 Å². The molecule has 0 bridgehead atoms. The van der Waals surface area contributed by atoms with Crippen LogP contribution in [0.3, 0.4) is 0 Å². The van der Waals surface area contributed by atoms with E-state index in [-0.39, 0.29) is 23.7 Å². The van der Waals surface area contributed by atoms with Crippen LogP contribution in [0.2, 0.25) is 5.02 Å². The second kappa shape index (κ2) is 5.71. The van der Waals surface area contributed by atoms with Gasteiger partial charge in [-0.25, -0.2) is 9.18 Å². The minimum atomic E-state index is -0.593. The van der Waals surface area contributed by atoms with Crippen molar-refractivity contribution in [1.82, 2.24) is 0 Å². The van der Waals surface area contributed by atoms with Crippen LogP contribution < -0.4 is 5.73 Å². The summed E-state index contributed by atoms with van der Waals surface area (Å²) in [5, 5.41) is 0.395. The number of halogens is 2. The summed E-state index contributed by atoms with van der Waals surface area (Å²) in [6, 6.07) is 10.4. The van der Waals surface area contributed by atoms with Gasteiger partial charge in [0.2, 0.25) is 0 Å². The Morgan fingerprint density at radius 3 is 2.79 bits per heavy atom. The molecule has 0 aromatic heterocycles. The molecule has 2 aromatic rings. The molecule has 0 amide bonds. The highest BCUT2D eigenvalue weighted by Gasteiger charge is 2.12. The Morgan fingerprint density at radius 1 is 1.26 bits per heavy atom. The Labute approximate surface area is 114 Å². The van der Waals surface area contributed by atoms with Crippen LogP contribution in [0, 0.1) is 5.82 Å². The lowest BCUT2D eigenvalue weighted by molar-refractivity contribution is 0.0473. The van der Waals surface area contributed by atoms with Gasteiger partial charge in [-0.15, -0.1) is 0 Å². The Balaban J connectivity index is 2.07. The molecular weight excluding hydrogens is 269 g/mol. The molecule has 0 unspecified atom stereocenters. The van der Waals surface area contributed by atoms with Crippen LogP contribution in [0.5, 0.6) is 0 Å². The Bertz CT molecular complexity index is 616. The van der Waals surface area contributed by atoms with E-state index in [1.165, 1.54) is 24.3 Å². The monoisotopic (exact) mass is 279 g/mol. The maximum absolute atomic E-state index is 13.0. The molecule has 5 heteroatoms. The molecule has 0 radical (unpaired) electrons. The third-order valence-electron chi connectivity index (χ3n) is 2.49. The average molecular weight is 280 g/mol. The van der Waals surface area contributed by atoms with Gasteiger partial charge >= 0.3 is 5.97 Å². The zero-order valence-corrected chi connectivity index (χ0v) is 10.7. The molecule has 0 fully saturated rings. The summed E-state index contributed by atoms with van der Waals surface area (Å²) in [4.78, 5) is 11.8. The van der Waals surface area contributed by atoms with Gasteiger partial charge in [-0.2, -0.15) is 0 Å². The fraction of sp³-hybridized carbons (Fsp3) is 0.0714. The smallest absolute Gasteiger partial charge is 0.340 e. The number of esters is 1. The van der Waals surface area contributed by atoms with Crippen LogP contribution >= 0.6 is 11.6 Å². The lowest BCUT2D eigenvalue weighted by Crippen LogP contribution is -2.08. The van der Waals surface area contributed by atoms with E-state index in [1.54, 1.807) is 18.2 Å². The zero-order valence-electron chi connectivity index (χ0n) is 9.90. The lowest BCUT2D eigenvalue weighted by Gasteiger charge is -2.07. The average Bonchev–Trinajstić information content (AvgIpc) is 2.39. The van der Waals surface area contributed by atoms with E-state index in [0.29, 0.717) is 10.6 Å². The third-order valence-corrected chi connectivity index (χ3v) is 2.73. The molecule has 98 valence electrons. The van der Waals surface area contributed by atoms with Gasteiger partial charge < -0.3 is 10.5 Å². The van der Waals surface area contributed by atoms with Crippen molar-refractivity contribution in [3.8, 4) is 0 Å². The number of ether oxygens (including phenoxy) is 1. The van der Waals surface area contributed by atoms with Crippen molar-refractivity contribution in [2.45, 2.75) is 6.61 Å². The molecule has 0 saturated heterocycles. The molecule has 0 saturated carbocycles. The first-order chi connectivity index (χ1) is 9.06. The number of carbonyl (C=O) groups is 1. The standard InChI is InChI=1S/C14H11ClFNO2/c15-10-4-5-13(17)12(7-10)14(18)19-8-9-2-1-3-11(16)6-9/h1-7H,8,17H2. The molecule has 2 N–H and O–H groups in total. The van der Waals surface area contributed by atoms with Gasteiger partial charge in [0.05, 0.1) is 5.56 Å². The fourth-order valence-electron chi connectivity index (χ4n) is 1.56. The first-order valence-electron chi connectivity index (χ1n) is 5.53. The van der Waals surface area contributed by atoms with Gasteiger partial charge in [0.25, 0.3) is 0 Å². The van der Waals surface area contributed by atoms with Crippen molar-refractivity contribution >= 4 is 23.3 Å². The number of anilines is 1. The minimum Gasteiger partial charge on any atom is -0.457 e. The van der Waals surface area contributed by atoms with Crippen LogP contribution in [-0.2, 0) is 11.3 Å². The van der Waals surface area contributed by atoms with E-state index in [0.717, 1.165) is 0 Å². The van der Waals surface area contributed by atoms with E-state index in [2.05, 4.69) is 0 Å². The molecule has 3 nitrogen and oxygen atoms in total. The number of nitrogen functional groups attached to an aromatic ring is 1. The molecule has 0 spiro atoms. The predicted octanol–water partition coefficient (Wildman–Crippen LogP) is 3.42. The summed E-state index contributed by atoms with van der Waals surface area (Å²) < 4.78 is 18.0. The molecule has 2 rings (SSSR count). The third kappa shape index (κ3) is 3.45. The maximum atomic E-state index is 13.0. The molecular formula is C14H11ClFNO2. The van der Waals surface area contributed by atoms with Gasteiger partial charge in [0.1, 0.15) is 12.4 Å². The van der Waals surface area contributed by atoms with Crippen LogP contribution in [-0.4, -0.2) is 5.97 Å². The molecule has 2 aromatic carbocycles. The molecule has 0 aliphatic carbocycles. The highest BCUT2D eigenvalue weighted by atomic mass is 35.5. The van der Waals surface area contributed by atoms with E-state index >= 15 is 0 Å². The quantitative estimate of drug-likeness (QED) is 0.692. The van der Waals surface area contributed by atoms with Gasteiger partial charge in [0.15, 0.2) is 0 Å². The number of carbonyl (C=O) groups excluding carboxylic acids is 1. The second-order valence-electron chi connectivity index (χ2n) is 3.94. The van der Waals surface area contributed by atoms with Crippen LogP contribution in [0.15, 0.2) is 42.5 Å². The molecule has 19 heavy (non-hydrogen) atoms. The SMILES string of the molecule is Nc1ccc(Cl)cc1C(=O)OCc1cccc(F)c1. The van der Waals surface area contributed by atoms with Gasteiger partial charge in [-0.05, 0) is 35.9 Å². The van der Waals surface area contributed by atoms with E-state index in [4.69, 9.17) is 22.1 Å². The van der Waals surface area contributed by atoms with Crippen LogP contribution in [0.1, 0.15) is 15.9 Å². The fourth-order valence-corrected chi connectivity index (χ4v) is 1.73. The summed E-state index contributed by atoms with van der Waals surface area (Å²) in [5.74, 6) is -0.972. The Kier molecular flexibility index (Phi) is 4.02. The summed E-state index contributed by atoms with van der Waals surface area (Å²) in [7, 11) is 0. The van der Waals surface area contributed by atoms with Crippen molar-refractivity contribution < 1.29 is 13.9 Å². The molecule has 0 heterocycles. The normalized spacial score (nSPS) is 10.2. The first kappa shape index (κ1) is 13.4. The lowest BCUT2D eigenvalue weighted by atomic mass is 10.2. The summed E-state index contributed by atoms with van der Waals surface area (Å²) >= 11 is 5.79. The summed E-state index contributed by atoms with van der Waals surface area (Å²) in [6.45, 7) is -0.0253. The molecule has 0 aliphatic rings. The highest BCUT2D eigenvalue weighted by Crippen LogP contribution is 2.19. The van der Waals surface area contributed by atoms with E-state index < -0.39 is 5.97 Å². The van der Waals surface area contributed by atoms with Crippen molar-refractivity contribution in [1.29, 1.82) is 0 Å². The minimum absolute atomic E-state index is 0.0253. The summed E-state index contributed by atoms with van der Waals surface area (Å²) in [6.07, 6.45) is 0.